The largest absolute Gasteiger partial charge is 0.488 e. The second-order valence-electron chi connectivity index (χ2n) is 8.26. The Balaban J connectivity index is 1.67. The number of aryl methyl sites for hydroxylation is 1. The molecule has 0 radical (unpaired) electrons. The number of nitrogens with zero attached hydrogens (tertiary/aromatic N) is 1. The van der Waals surface area contributed by atoms with E-state index in [-0.39, 0.29) is 5.92 Å². The van der Waals surface area contributed by atoms with Crippen LogP contribution >= 0.6 is 0 Å². The van der Waals surface area contributed by atoms with Crippen LogP contribution in [0.15, 0.2) is 66.7 Å². The van der Waals surface area contributed by atoms with Crippen molar-refractivity contribution in [3.63, 3.8) is 0 Å². The highest BCUT2D eigenvalue weighted by Crippen LogP contribution is 2.41. The number of fused-ring (bicyclic) bond motifs is 1. The van der Waals surface area contributed by atoms with Crippen LogP contribution in [-0.4, -0.2) is 17.8 Å². The number of aromatic nitrogens is 1. The first-order valence-electron chi connectivity index (χ1n) is 11.0. The molecule has 1 fully saturated rings. The lowest BCUT2D eigenvalue weighted by atomic mass is 9.93. The van der Waals surface area contributed by atoms with Gasteiger partial charge in [-0.2, -0.15) is 0 Å². The lowest BCUT2D eigenvalue weighted by Crippen LogP contribution is -2.17. The van der Waals surface area contributed by atoms with Gasteiger partial charge in [-0.05, 0) is 55.2 Å². The standard InChI is InChI=1S/C27H25F2NO2/c1-18-26-24(8-5-9-25(26)32-17-19-6-3-2-4-7-19)30(21-10-11-22(28)23(29)16-21)27(18)20-12-14-31-15-13-20/h2-11,16,20H,12-15,17H2,1H3. The van der Waals surface area contributed by atoms with Crippen molar-refractivity contribution in [2.75, 3.05) is 13.2 Å². The molecule has 0 spiro atoms. The molecule has 32 heavy (non-hydrogen) atoms. The van der Waals surface area contributed by atoms with Crippen LogP contribution in [-0.2, 0) is 11.3 Å². The summed E-state index contributed by atoms with van der Waals surface area (Å²) in [5, 5.41) is 1.01. The van der Waals surface area contributed by atoms with Crippen molar-refractivity contribution >= 4 is 10.9 Å². The van der Waals surface area contributed by atoms with Crippen LogP contribution in [0, 0.1) is 18.6 Å². The number of ether oxygens (including phenoxy) is 2. The van der Waals surface area contributed by atoms with Crippen LogP contribution in [0.5, 0.6) is 5.75 Å². The third-order valence-corrected chi connectivity index (χ3v) is 6.25. The van der Waals surface area contributed by atoms with E-state index < -0.39 is 11.6 Å². The molecule has 0 N–H and O–H groups in total. The number of rotatable bonds is 5. The quantitative estimate of drug-likeness (QED) is 0.350. The van der Waals surface area contributed by atoms with E-state index in [2.05, 4.69) is 11.5 Å². The zero-order valence-corrected chi connectivity index (χ0v) is 18.0. The van der Waals surface area contributed by atoms with E-state index in [4.69, 9.17) is 9.47 Å². The number of hydrogen-bond donors (Lipinski definition) is 0. The molecule has 0 aliphatic carbocycles. The van der Waals surface area contributed by atoms with Gasteiger partial charge in [0.2, 0.25) is 0 Å². The van der Waals surface area contributed by atoms with Gasteiger partial charge in [0.25, 0.3) is 0 Å². The Morgan fingerprint density at radius 1 is 0.938 bits per heavy atom. The normalized spacial score (nSPS) is 14.7. The summed E-state index contributed by atoms with van der Waals surface area (Å²) in [6, 6.07) is 20.1. The molecule has 0 unspecified atom stereocenters. The molecule has 1 aliphatic heterocycles. The van der Waals surface area contributed by atoms with Crippen molar-refractivity contribution in [2.45, 2.75) is 32.3 Å². The number of hydrogen-bond acceptors (Lipinski definition) is 2. The molecular weight excluding hydrogens is 408 g/mol. The summed E-state index contributed by atoms with van der Waals surface area (Å²) < 4.78 is 41.8. The molecule has 1 saturated heterocycles. The average Bonchev–Trinajstić information content (AvgIpc) is 3.13. The van der Waals surface area contributed by atoms with E-state index in [0.29, 0.717) is 25.5 Å². The van der Waals surface area contributed by atoms with E-state index in [1.165, 1.54) is 12.1 Å². The molecule has 0 saturated carbocycles. The Labute approximate surface area is 186 Å². The maximum Gasteiger partial charge on any atom is 0.160 e. The smallest absolute Gasteiger partial charge is 0.160 e. The number of halogens is 2. The van der Waals surface area contributed by atoms with Crippen LogP contribution < -0.4 is 4.74 Å². The summed E-state index contributed by atoms with van der Waals surface area (Å²) in [4.78, 5) is 0. The first kappa shape index (κ1) is 20.7. The fourth-order valence-corrected chi connectivity index (χ4v) is 4.73. The molecule has 3 aromatic carbocycles. The van der Waals surface area contributed by atoms with Crippen molar-refractivity contribution in [3.05, 3.63) is 95.2 Å². The highest BCUT2D eigenvalue weighted by molar-refractivity contribution is 5.92. The molecule has 2 heterocycles. The minimum absolute atomic E-state index is 0.270. The van der Waals surface area contributed by atoms with Gasteiger partial charge < -0.3 is 14.0 Å². The minimum atomic E-state index is -0.851. The Morgan fingerprint density at radius 2 is 1.72 bits per heavy atom. The fraction of sp³-hybridized carbons (Fsp3) is 0.259. The van der Waals surface area contributed by atoms with Crippen molar-refractivity contribution in [1.29, 1.82) is 0 Å². The van der Waals surface area contributed by atoms with Gasteiger partial charge in [-0.15, -0.1) is 0 Å². The van der Waals surface area contributed by atoms with Gasteiger partial charge in [0.05, 0.1) is 5.52 Å². The Hall–Kier alpha value is -3.18. The zero-order chi connectivity index (χ0) is 22.1. The molecule has 5 heteroatoms. The zero-order valence-electron chi connectivity index (χ0n) is 18.0. The van der Waals surface area contributed by atoms with Crippen LogP contribution in [0.3, 0.4) is 0 Å². The molecule has 4 aromatic rings. The first-order chi connectivity index (χ1) is 15.6. The summed E-state index contributed by atoms with van der Waals surface area (Å²) in [5.74, 6) is -0.637. The van der Waals surface area contributed by atoms with Gasteiger partial charge >= 0.3 is 0 Å². The Bertz CT molecular complexity index is 1240. The molecule has 1 aliphatic rings. The van der Waals surface area contributed by atoms with E-state index >= 15 is 0 Å². The topological polar surface area (TPSA) is 23.4 Å². The molecule has 0 amide bonds. The molecule has 3 nitrogen and oxygen atoms in total. The van der Waals surface area contributed by atoms with E-state index in [1.54, 1.807) is 6.07 Å². The fourth-order valence-electron chi connectivity index (χ4n) is 4.73. The monoisotopic (exact) mass is 433 g/mol. The predicted octanol–water partition coefficient (Wildman–Crippen LogP) is 6.69. The Morgan fingerprint density at radius 3 is 2.47 bits per heavy atom. The van der Waals surface area contributed by atoms with Gasteiger partial charge in [-0.1, -0.05) is 36.4 Å². The van der Waals surface area contributed by atoms with E-state index in [1.807, 2.05) is 48.5 Å². The highest BCUT2D eigenvalue weighted by atomic mass is 19.2. The van der Waals surface area contributed by atoms with Crippen LogP contribution in [0.4, 0.5) is 8.78 Å². The molecule has 0 bridgehead atoms. The Kier molecular flexibility index (Phi) is 5.66. The van der Waals surface area contributed by atoms with Crippen LogP contribution in [0.25, 0.3) is 16.6 Å². The van der Waals surface area contributed by atoms with Crippen LogP contribution in [0.1, 0.15) is 35.6 Å². The van der Waals surface area contributed by atoms with Gasteiger partial charge in [0.15, 0.2) is 11.6 Å². The molecule has 164 valence electrons. The van der Waals surface area contributed by atoms with E-state index in [9.17, 15) is 8.78 Å². The lowest BCUT2D eigenvalue weighted by Gasteiger charge is -2.25. The highest BCUT2D eigenvalue weighted by Gasteiger charge is 2.27. The van der Waals surface area contributed by atoms with Crippen molar-refractivity contribution < 1.29 is 18.3 Å². The second kappa shape index (κ2) is 8.75. The van der Waals surface area contributed by atoms with E-state index in [0.717, 1.165) is 46.3 Å². The van der Waals surface area contributed by atoms with Gasteiger partial charge in [0, 0.05) is 42.0 Å². The molecule has 5 rings (SSSR count). The lowest BCUT2D eigenvalue weighted by molar-refractivity contribution is 0.0841. The SMILES string of the molecule is Cc1c(C2CCOCC2)n(-c2ccc(F)c(F)c2)c2cccc(OCc3ccccc3)c12. The molecular formula is C27H25F2NO2. The molecule has 1 aromatic heterocycles. The third kappa shape index (κ3) is 3.78. The summed E-state index contributed by atoms with van der Waals surface area (Å²) in [5.41, 5.74) is 4.86. The van der Waals surface area contributed by atoms with Crippen molar-refractivity contribution in [1.82, 2.24) is 4.57 Å². The third-order valence-electron chi connectivity index (χ3n) is 6.25. The summed E-state index contributed by atoms with van der Waals surface area (Å²) in [6.45, 7) is 3.95. The van der Waals surface area contributed by atoms with Gasteiger partial charge in [-0.3, -0.25) is 0 Å². The first-order valence-corrected chi connectivity index (χ1v) is 11.0. The summed E-state index contributed by atoms with van der Waals surface area (Å²) in [7, 11) is 0. The molecule has 0 atom stereocenters. The van der Waals surface area contributed by atoms with Gasteiger partial charge in [0.1, 0.15) is 12.4 Å². The predicted molar refractivity (Wildman–Crippen MR) is 121 cm³/mol. The van der Waals surface area contributed by atoms with Crippen molar-refractivity contribution in [3.8, 4) is 11.4 Å². The second-order valence-corrected chi connectivity index (χ2v) is 8.26. The number of benzene rings is 3. The maximum atomic E-state index is 14.2. The summed E-state index contributed by atoms with van der Waals surface area (Å²) in [6.07, 6.45) is 1.78. The average molecular weight is 433 g/mol. The summed E-state index contributed by atoms with van der Waals surface area (Å²) >= 11 is 0. The maximum absolute atomic E-state index is 14.2. The minimum Gasteiger partial charge on any atom is -0.488 e. The van der Waals surface area contributed by atoms with Crippen LogP contribution in [0.2, 0.25) is 0 Å². The van der Waals surface area contributed by atoms with Gasteiger partial charge in [-0.25, -0.2) is 8.78 Å². The van der Waals surface area contributed by atoms with Crippen molar-refractivity contribution in [2.24, 2.45) is 0 Å².